The number of rotatable bonds is 3. The Balaban J connectivity index is 1.81. The van der Waals surface area contributed by atoms with Crippen molar-refractivity contribution in [2.24, 2.45) is 0 Å². The van der Waals surface area contributed by atoms with Gasteiger partial charge in [-0.15, -0.1) is 0 Å². The van der Waals surface area contributed by atoms with Crippen LogP contribution < -0.4 is 5.32 Å². The predicted molar refractivity (Wildman–Crippen MR) is 72.1 cm³/mol. The fourth-order valence-electron chi connectivity index (χ4n) is 2.94. The highest BCUT2D eigenvalue weighted by Gasteiger charge is 2.15. The molecule has 0 saturated heterocycles. The van der Waals surface area contributed by atoms with Crippen LogP contribution in [0, 0.1) is 6.92 Å². The number of hydrogen-bond donors (Lipinski definition) is 2. The Labute approximate surface area is 102 Å². The van der Waals surface area contributed by atoms with Crippen molar-refractivity contribution < 1.29 is 0 Å². The maximum Gasteiger partial charge on any atom is 0.0459 e. The molecule has 2 aromatic rings. The summed E-state index contributed by atoms with van der Waals surface area (Å²) in [5.41, 5.74) is 4.00. The molecule has 1 aliphatic carbocycles. The standard InChI is InChI=1S/C15H20N2/c1-11-14(10-16-12-6-2-3-7-12)13-8-4-5-9-15(13)17-11/h4-5,8-9,12,16-17H,2-3,6-7,10H2,1H3. The van der Waals surface area contributed by atoms with Gasteiger partial charge in [0.05, 0.1) is 0 Å². The summed E-state index contributed by atoms with van der Waals surface area (Å²) < 4.78 is 0. The van der Waals surface area contributed by atoms with Crippen LogP contribution in [-0.2, 0) is 6.54 Å². The molecule has 0 amide bonds. The van der Waals surface area contributed by atoms with Gasteiger partial charge in [-0.25, -0.2) is 0 Å². The topological polar surface area (TPSA) is 27.8 Å². The second kappa shape index (κ2) is 4.53. The van der Waals surface area contributed by atoms with E-state index in [1.54, 1.807) is 0 Å². The number of benzene rings is 1. The summed E-state index contributed by atoms with van der Waals surface area (Å²) in [6.45, 7) is 3.17. The predicted octanol–water partition coefficient (Wildman–Crippen LogP) is 3.51. The highest BCUT2D eigenvalue weighted by molar-refractivity contribution is 5.84. The van der Waals surface area contributed by atoms with Gasteiger partial charge in [-0.05, 0) is 31.4 Å². The van der Waals surface area contributed by atoms with Crippen molar-refractivity contribution in [1.82, 2.24) is 10.3 Å². The largest absolute Gasteiger partial charge is 0.358 e. The smallest absolute Gasteiger partial charge is 0.0459 e. The first-order valence-electron chi connectivity index (χ1n) is 6.64. The summed E-state index contributed by atoms with van der Waals surface area (Å²) >= 11 is 0. The van der Waals surface area contributed by atoms with Gasteiger partial charge in [-0.3, -0.25) is 0 Å². The van der Waals surface area contributed by atoms with Gasteiger partial charge in [0, 0.05) is 29.2 Å². The molecule has 0 aliphatic heterocycles. The third kappa shape index (κ3) is 2.09. The summed E-state index contributed by atoms with van der Waals surface area (Å²) in [7, 11) is 0. The minimum absolute atomic E-state index is 0.739. The zero-order valence-corrected chi connectivity index (χ0v) is 10.4. The molecular weight excluding hydrogens is 208 g/mol. The number of H-pyrrole nitrogens is 1. The number of aromatic nitrogens is 1. The maximum absolute atomic E-state index is 3.70. The average Bonchev–Trinajstić information content (AvgIpc) is 2.93. The molecule has 0 unspecified atom stereocenters. The molecule has 2 nitrogen and oxygen atoms in total. The Morgan fingerprint density at radius 2 is 2.00 bits per heavy atom. The molecule has 0 spiro atoms. The fraction of sp³-hybridized carbons (Fsp3) is 0.467. The first kappa shape index (κ1) is 10.8. The third-order valence-electron chi connectivity index (χ3n) is 3.95. The van der Waals surface area contributed by atoms with Gasteiger partial charge in [-0.1, -0.05) is 31.0 Å². The lowest BCUT2D eigenvalue weighted by atomic mass is 10.1. The van der Waals surface area contributed by atoms with Crippen LogP contribution >= 0.6 is 0 Å². The quantitative estimate of drug-likeness (QED) is 0.826. The van der Waals surface area contributed by atoms with Crippen molar-refractivity contribution in [2.45, 2.75) is 45.2 Å². The number of para-hydroxylation sites is 1. The SMILES string of the molecule is Cc1[nH]c2ccccc2c1CNC1CCCC1. The summed E-state index contributed by atoms with van der Waals surface area (Å²) in [5, 5.41) is 5.07. The molecule has 1 aromatic carbocycles. The number of fused-ring (bicyclic) bond motifs is 1. The van der Waals surface area contributed by atoms with E-state index >= 15 is 0 Å². The molecule has 2 N–H and O–H groups in total. The Kier molecular flexibility index (Phi) is 2.89. The van der Waals surface area contributed by atoms with Crippen molar-refractivity contribution in [3.8, 4) is 0 Å². The van der Waals surface area contributed by atoms with E-state index in [4.69, 9.17) is 0 Å². The Hall–Kier alpha value is -1.28. The van der Waals surface area contributed by atoms with Crippen LogP contribution in [-0.4, -0.2) is 11.0 Å². The van der Waals surface area contributed by atoms with Crippen molar-refractivity contribution >= 4 is 10.9 Å². The van der Waals surface area contributed by atoms with E-state index in [-0.39, 0.29) is 0 Å². The second-order valence-corrected chi connectivity index (χ2v) is 5.14. The molecular formula is C15H20N2. The molecule has 0 radical (unpaired) electrons. The highest BCUT2D eigenvalue weighted by atomic mass is 14.9. The van der Waals surface area contributed by atoms with Gasteiger partial charge < -0.3 is 10.3 Å². The molecule has 90 valence electrons. The summed E-state index contributed by atoms with van der Waals surface area (Å²) in [6, 6.07) is 9.32. The van der Waals surface area contributed by atoms with Gasteiger partial charge in [-0.2, -0.15) is 0 Å². The third-order valence-corrected chi connectivity index (χ3v) is 3.95. The van der Waals surface area contributed by atoms with Crippen LogP contribution in [0.15, 0.2) is 24.3 Å². The lowest BCUT2D eigenvalue weighted by Gasteiger charge is -2.11. The Bertz CT molecular complexity index is 507. The lowest BCUT2D eigenvalue weighted by molar-refractivity contribution is 0.524. The minimum atomic E-state index is 0.739. The van der Waals surface area contributed by atoms with E-state index in [1.807, 2.05) is 0 Å². The molecule has 0 atom stereocenters. The van der Waals surface area contributed by atoms with Crippen molar-refractivity contribution in [1.29, 1.82) is 0 Å². The number of nitrogens with one attached hydrogen (secondary N) is 2. The molecule has 1 heterocycles. The van der Waals surface area contributed by atoms with E-state index in [0.717, 1.165) is 12.6 Å². The van der Waals surface area contributed by atoms with Gasteiger partial charge in [0.15, 0.2) is 0 Å². The number of aryl methyl sites for hydroxylation is 1. The molecule has 1 fully saturated rings. The summed E-state index contributed by atoms with van der Waals surface area (Å²) in [5.74, 6) is 0. The van der Waals surface area contributed by atoms with Crippen molar-refractivity contribution in [3.05, 3.63) is 35.5 Å². The van der Waals surface area contributed by atoms with Crippen molar-refractivity contribution in [2.75, 3.05) is 0 Å². The van der Waals surface area contributed by atoms with E-state index in [0.29, 0.717) is 0 Å². The molecule has 2 heteroatoms. The summed E-state index contributed by atoms with van der Waals surface area (Å²) in [4.78, 5) is 3.46. The van der Waals surface area contributed by atoms with Crippen LogP contribution in [0.1, 0.15) is 36.9 Å². The van der Waals surface area contributed by atoms with Gasteiger partial charge >= 0.3 is 0 Å². The first-order chi connectivity index (χ1) is 8.34. The average molecular weight is 228 g/mol. The number of aromatic amines is 1. The molecule has 0 bridgehead atoms. The van der Waals surface area contributed by atoms with Crippen molar-refractivity contribution in [3.63, 3.8) is 0 Å². The second-order valence-electron chi connectivity index (χ2n) is 5.14. The van der Waals surface area contributed by atoms with E-state index in [9.17, 15) is 0 Å². The van der Waals surface area contributed by atoms with E-state index < -0.39 is 0 Å². The van der Waals surface area contributed by atoms with Gasteiger partial charge in [0.1, 0.15) is 0 Å². The van der Waals surface area contributed by atoms with Crippen LogP contribution in [0.25, 0.3) is 10.9 Å². The fourth-order valence-corrected chi connectivity index (χ4v) is 2.94. The van der Waals surface area contributed by atoms with Gasteiger partial charge in [0.25, 0.3) is 0 Å². The summed E-state index contributed by atoms with van der Waals surface area (Å²) in [6.07, 6.45) is 5.48. The zero-order valence-electron chi connectivity index (χ0n) is 10.4. The Morgan fingerprint density at radius 3 is 2.82 bits per heavy atom. The zero-order chi connectivity index (χ0) is 11.7. The first-order valence-corrected chi connectivity index (χ1v) is 6.64. The molecule has 3 rings (SSSR count). The monoisotopic (exact) mass is 228 g/mol. The van der Waals surface area contributed by atoms with Crippen LogP contribution in [0.2, 0.25) is 0 Å². The molecule has 17 heavy (non-hydrogen) atoms. The minimum Gasteiger partial charge on any atom is -0.358 e. The Morgan fingerprint density at radius 1 is 1.24 bits per heavy atom. The number of hydrogen-bond acceptors (Lipinski definition) is 1. The van der Waals surface area contributed by atoms with Crippen LogP contribution in [0.3, 0.4) is 0 Å². The van der Waals surface area contributed by atoms with E-state index in [2.05, 4.69) is 41.5 Å². The highest BCUT2D eigenvalue weighted by Crippen LogP contribution is 2.23. The molecule has 1 saturated carbocycles. The normalized spacial score (nSPS) is 17.0. The van der Waals surface area contributed by atoms with E-state index in [1.165, 1.54) is 47.8 Å². The molecule has 1 aliphatic rings. The molecule has 1 aromatic heterocycles. The maximum atomic E-state index is 3.70. The van der Waals surface area contributed by atoms with Crippen LogP contribution in [0.4, 0.5) is 0 Å². The van der Waals surface area contributed by atoms with Crippen LogP contribution in [0.5, 0.6) is 0 Å². The lowest BCUT2D eigenvalue weighted by Crippen LogP contribution is -2.25. The van der Waals surface area contributed by atoms with Gasteiger partial charge in [0.2, 0.25) is 0 Å².